The van der Waals surface area contributed by atoms with E-state index in [1.165, 1.54) is 12.2 Å². The Morgan fingerprint density at radius 2 is 2.28 bits per heavy atom. The lowest BCUT2D eigenvalue weighted by atomic mass is 10.3. The highest BCUT2D eigenvalue weighted by Crippen LogP contribution is 2.26. The normalized spacial score (nSPS) is 10.8. The molecule has 0 aromatic carbocycles. The lowest BCUT2D eigenvalue weighted by Gasteiger charge is -2.08. The second kappa shape index (κ2) is 6.77. The molecule has 2 rings (SSSR count). The van der Waals surface area contributed by atoms with Crippen LogP contribution in [0, 0.1) is 0 Å². The molecule has 0 aliphatic rings. The Balaban J connectivity index is 2.04. The Hall–Kier alpha value is -1.05. The van der Waals surface area contributed by atoms with Gasteiger partial charge in [0.1, 0.15) is 10.6 Å². The van der Waals surface area contributed by atoms with Crippen LogP contribution in [0.4, 0.5) is 11.8 Å². The van der Waals surface area contributed by atoms with Crippen molar-refractivity contribution in [2.24, 2.45) is 5.84 Å². The molecule has 18 heavy (non-hydrogen) atoms. The largest absolute Gasteiger partial charge is 0.369 e. The highest BCUT2D eigenvalue weighted by Gasteiger charge is 2.07. The standard InChI is InChI=1S/C11H17N5S2/c1-17-6-3-2-5-13-9-8-4-7-18-10(8)15-11(14-9)16-12/h4,7H,2-3,5-6,12H2,1H3,(H2,13,14,15,16). The summed E-state index contributed by atoms with van der Waals surface area (Å²) in [6.07, 6.45) is 4.49. The van der Waals surface area contributed by atoms with Crippen molar-refractivity contribution < 1.29 is 0 Å². The molecule has 0 saturated heterocycles. The minimum Gasteiger partial charge on any atom is -0.369 e. The third-order valence-electron chi connectivity index (χ3n) is 2.52. The molecule has 98 valence electrons. The van der Waals surface area contributed by atoms with Crippen molar-refractivity contribution in [3.8, 4) is 0 Å². The van der Waals surface area contributed by atoms with Crippen molar-refractivity contribution in [1.29, 1.82) is 0 Å². The third kappa shape index (κ3) is 3.24. The molecule has 0 fully saturated rings. The van der Waals surface area contributed by atoms with Crippen LogP contribution in [0.5, 0.6) is 0 Å². The van der Waals surface area contributed by atoms with E-state index in [4.69, 9.17) is 5.84 Å². The van der Waals surface area contributed by atoms with Gasteiger partial charge in [-0.3, -0.25) is 5.43 Å². The van der Waals surface area contributed by atoms with E-state index in [9.17, 15) is 0 Å². The second-order valence-electron chi connectivity index (χ2n) is 3.81. The van der Waals surface area contributed by atoms with Gasteiger partial charge in [0.05, 0.1) is 5.39 Å². The monoisotopic (exact) mass is 283 g/mol. The van der Waals surface area contributed by atoms with Crippen LogP contribution in [-0.2, 0) is 0 Å². The van der Waals surface area contributed by atoms with Crippen LogP contribution in [-0.4, -0.2) is 28.5 Å². The zero-order valence-corrected chi connectivity index (χ0v) is 11.9. The van der Waals surface area contributed by atoms with Crippen molar-refractivity contribution >= 4 is 45.1 Å². The fraction of sp³-hybridized carbons (Fsp3) is 0.455. The summed E-state index contributed by atoms with van der Waals surface area (Å²) in [5, 5.41) is 6.43. The Bertz CT molecular complexity index is 499. The summed E-state index contributed by atoms with van der Waals surface area (Å²) in [6, 6.07) is 2.03. The number of aromatic nitrogens is 2. The number of hydrogen-bond acceptors (Lipinski definition) is 7. The maximum Gasteiger partial charge on any atom is 0.240 e. The molecule has 2 aromatic heterocycles. The zero-order valence-electron chi connectivity index (χ0n) is 10.3. The summed E-state index contributed by atoms with van der Waals surface area (Å²) in [5.74, 6) is 7.89. The van der Waals surface area contributed by atoms with Crippen LogP contribution in [0.25, 0.3) is 10.2 Å². The van der Waals surface area contributed by atoms with Gasteiger partial charge in [-0.25, -0.2) is 10.8 Å². The number of thiophene rings is 1. The smallest absolute Gasteiger partial charge is 0.240 e. The molecule has 7 heteroatoms. The first-order valence-electron chi connectivity index (χ1n) is 5.80. The van der Waals surface area contributed by atoms with Gasteiger partial charge in [-0.2, -0.15) is 16.7 Å². The van der Waals surface area contributed by atoms with Crippen LogP contribution >= 0.6 is 23.1 Å². The van der Waals surface area contributed by atoms with Gasteiger partial charge in [-0.1, -0.05) is 0 Å². The summed E-state index contributed by atoms with van der Waals surface area (Å²) >= 11 is 3.47. The first-order valence-corrected chi connectivity index (χ1v) is 8.07. The number of nitrogens with one attached hydrogen (secondary N) is 2. The van der Waals surface area contributed by atoms with Crippen LogP contribution in [0.1, 0.15) is 12.8 Å². The number of nitrogens with two attached hydrogens (primary N) is 1. The Kier molecular flexibility index (Phi) is 5.03. The fourth-order valence-corrected chi connectivity index (χ4v) is 2.89. The number of hydrogen-bond donors (Lipinski definition) is 3. The summed E-state index contributed by atoms with van der Waals surface area (Å²) in [7, 11) is 0. The van der Waals surface area contributed by atoms with E-state index in [2.05, 4.69) is 27.0 Å². The molecule has 0 aliphatic heterocycles. The van der Waals surface area contributed by atoms with Crippen molar-refractivity contribution in [3.05, 3.63) is 11.4 Å². The number of rotatable bonds is 7. The van der Waals surface area contributed by atoms with Gasteiger partial charge >= 0.3 is 0 Å². The van der Waals surface area contributed by atoms with Crippen LogP contribution in [0.3, 0.4) is 0 Å². The zero-order chi connectivity index (χ0) is 12.8. The van der Waals surface area contributed by atoms with E-state index in [1.807, 2.05) is 23.2 Å². The quantitative estimate of drug-likeness (QED) is 0.412. The van der Waals surface area contributed by atoms with Gasteiger partial charge < -0.3 is 5.32 Å². The first-order chi connectivity index (χ1) is 8.85. The highest BCUT2D eigenvalue weighted by molar-refractivity contribution is 7.98. The van der Waals surface area contributed by atoms with Crippen LogP contribution in [0.2, 0.25) is 0 Å². The SMILES string of the molecule is CSCCCCNc1nc(NN)nc2sccc12. The number of hydrazine groups is 1. The number of anilines is 2. The minimum absolute atomic E-state index is 0.455. The van der Waals surface area contributed by atoms with Crippen molar-refractivity contribution in [2.45, 2.75) is 12.8 Å². The Morgan fingerprint density at radius 3 is 3.06 bits per heavy atom. The molecule has 0 spiro atoms. The number of thioether (sulfide) groups is 1. The summed E-state index contributed by atoms with van der Waals surface area (Å²) in [6.45, 7) is 0.923. The number of nitrogens with zero attached hydrogens (tertiary/aromatic N) is 2. The van der Waals surface area contributed by atoms with Gasteiger partial charge in [0.15, 0.2) is 0 Å². The molecule has 2 heterocycles. The van der Waals surface area contributed by atoms with E-state index in [1.54, 1.807) is 11.3 Å². The van der Waals surface area contributed by atoms with Gasteiger partial charge in [0, 0.05) is 6.54 Å². The first kappa shape index (κ1) is 13.4. The fourth-order valence-electron chi connectivity index (χ4n) is 1.63. The minimum atomic E-state index is 0.455. The molecule has 0 bridgehead atoms. The molecule has 4 N–H and O–H groups in total. The maximum atomic E-state index is 5.37. The number of nitrogen functional groups attached to an aromatic ring is 1. The molecule has 0 amide bonds. The van der Waals surface area contributed by atoms with Gasteiger partial charge in [-0.05, 0) is 36.3 Å². The van der Waals surface area contributed by atoms with Crippen molar-refractivity contribution in [1.82, 2.24) is 9.97 Å². The average Bonchev–Trinajstić information content (AvgIpc) is 2.86. The summed E-state index contributed by atoms with van der Waals surface area (Å²) < 4.78 is 0. The predicted octanol–water partition coefficient (Wildman–Crippen LogP) is 2.53. The molecular weight excluding hydrogens is 266 g/mol. The molecule has 0 atom stereocenters. The van der Waals surface area contributed by atoms with E-state index in [-0.39, 0.29) is 0 Å². The third-order valence-corrected chi connectivity index (χ3v) is 4.03. The van der Waals surface area contributed by atoms with Gasteiger partial charge in [0.25, 0.3) is 0 Å². The Morgan fingerprint density at radius 1 is 1.39 bits per heavy atom. The molecule has 0 aliphatic carbocycles. The molecule has 0 radical (unpaired) electrons. The van der Waals surface area contributed by atoms with E-state index in [0.29, 0.717) is 5.95 Å². The van der Waals surface area contributed by atoms with Crippen molar-refractivity contribution in [2.75, 3.05) is 29.3 Å². The number of fused-ring (bicyclic) bond motifs is 1. The van der Waals surface area contributed by atoms with Crippen LogP contribution < -0.4 is 16.6 Å². The van der Waals surface area contributed by atoms with Gasteiger partial charge in [0.2, 0.25) is 5.95 Å². The maximum absolute atomic E-state index is 5.37. The molecule has 0 saturated carbocycles. The molecule has 2 aromatic rings. The Labute approximate surface area is 115 Å². The van der Waals surface area contributed by atoms with E-state index < -0.39 is 0 Å². The average molecular weight is 283 g/mol. The van der Waals surface area contributed by atoms with E-state index in [0.717, 1.165) is 29.0 Å². The predicted molar refractivity (Wildman–Crippen MR) is 81.3 cm³/mol. The molecular formula is C11H17N5S2. The van der Waals surface area contributed by atoms with Crippen LogP contribution in [0.15, 0.2) is 11.4 Å². The molecule has 5 nitrogen and oxygen atoms in total. The van der Waals surface area contributed by atoms with E-state index >= 15 is 0 Å². The second-order valence-corrected chi connectivity index (χ2v) is 5.69. The topological polar surface area (TPSA) is 75.9 Å². The number of unbranched alkanes of at least 4 members (excludes halogenated alkanes) is 1. The lowest BCUT2D eigenvalue weighted by molar-refractivity contribution is 0.840. The highest BCUT2D eigenvalue weighted by atomic mass is 32.2. The van der Waals surface area contributed by atoms with Crippen molar-refractivity contribution in [3.63, 3.8) is 0 Å². The summed E-state index contributed by atoms with van der Waals surface area (Å²) in [5.41, 5.74) is 2.50. The van der Waals surface area contributed by atoms with Gasteiger partial charge in [-0.15, -0.1) is 11.3 Å². The lowest BCUT2D eigenvalue weighted by Crippen LogP contribution is -2.12. The summed E-state index contributed by atoms with van der Waals surface area (Å²) in [4.78, 5) is 9.60. The molecule has 0 unspecified atom stereocenters.